The van der Waals surface area contributed by atoms with Crippen molar-refractivity contribution >= 4 is 34.1 Å². The molecule has 5 heterocycles. The van der Waals surface area contributed by atoms with Crippen molar-refractivity contribution in [1.29, 1.82) is 5.26 Å². The van der Waals surface area contributed by atoms with Gasteiger partial charge in [-0.3, -0.25) is 9.78 Å². The second-order valence-electron chi connectivity index (χ2n) is 9.32. The van der Waals surface area contributed by atoms with Crippen molar-refractivity contribution in [2.45, 2.75) is 13.3 Å². The minimum atomic E-state index is -0.0818. The van der Waals surface area contributed by atoms with Crippen molar-refractivity contribution < 1.29 is 4.79 Å². The summed E-state index contributed by atoms with van der Waals surface area (Å²) >= 11 is 0. The first-order valence-electron chi connectivity index (χ1n) is 11.4. The van der Waals surface area contributed by atoms with Gasteiger partial charge in [-0.2, -0.15) is 5.26 Å². The Bertz CT molecular complexity index is 1540. The van der Waals surface area contributed by atoms with Crippen LogP contribution in [0.4, 0.5) is 17.5 Å². The maximum Gasteiger partial charge on any atom is 0.229 e. The van der Waals surface area contributed by atoms with E-state index in [1.165, 1.54) is 0 Å². The van der Waals surface area contributed by atoms with Gasteiger partial charge in [0.1, 0.15) is 23.5 Å². The van der Waals surface area contributed by atoms with Gasteiger partial charge in [-0.05, 0) is 54.6 Å². The zero-order chi connectivity index (χ0) is 24.2. The highest BCUT2D eigenvalue weighted by Crippen LogP contribution is 2.59. The van der Waals surface area contributed by atoms with Gasteiger partial charge in [0.05, 0.1) is 11.3 Å². The quantitative estimate of drug-likeness (QED) is 0.472. The smallest absolute Gasteiger partial charge is 0.229 e. The molecule has 6 rings (SSSR count). The van der Waals surface area contributed by atoms with Crippen molar-refractivity contribution in [3.05, 3.63) is 66.2 Å². The average molecular weight is 463 g/mol. The van der Waals surface area contributed by atoms with E-state index in [1.807, 2.05) is 25.1 Å². The van der Waals surface area contributed by atoms with E-state index in [0.717, 1.165) is 47.1 Å². The number of nitriles is 1. The van der Waals surface area contributed by atoms with Crippen molar-refractivity contribution in [2.24, 2.45) is 11.3 Å². The molecule has 1 saturated carbocycles. The maximum absolute atomic E-state index is 13.0. The molecule has 35 heavy (non-hydrogen) atoms. The standard InChI is InChI=1S/C26H22N8O/c1-15-4-6-29-11-18(15)21-7-17-8-22(31-12-19(17)23(28)32-21)33-25(35)20-9-26(20)13-34(14-26)24-16(10-27)3-2-5-30-24/h2-8,11-12,20H,9,13-14H2,1H3,(H2,28,32)(H,31,33,35)/t20-/m1/s1. The van der Waals surface area contributed by atoms with Crippen molar-refractivity contribution in [3.63, 3.8) is 0 Å². The Morgan fingerprint density at radius 2 is 2.09 bits per heavy atom. The summed E-state index contributed by atoms with van der Waals surface area (Å²) in [5.74, 6) is 1.43. The molecular formula is C26H22N8O. The van der Waals surface area contributed by atoms with Gasteiger partial charge in [-0.1, -0.05) is 0 Å². The number of nitrogens with zero attached hydrogens (tertiary/aromatic N) is 6. The topological polar surface area (TPSA) is 134 Å². The lowest BCUT2D eigenvalue weighted by Gasteiger charge is -2.41. The number of hydrogen-bond acceptors (Lipinski definition) is 8. The highest BCUT2D eigenvalue weighted by Gasteiger charge is 2.64. The van der Waals surface area contributed by atoms with Crippen LogP contribution in [0.1, 0.15) is 17.5 Å². The lowest BCUT2D eigenvalue weighted by atomic mass is 9.92. The first-order chi connectivity index (χ1) is 17.0. The Kier molecular flexibility index (Phi) is 4.64. The molecule has 1 saturated heterocycles. The van der Waals surface area contributed by atoms with Crippen molar-refractivity contribution in [3.8, 4) is 17.3 Å². The molecule has 4 aromatic heterocycles. The zero-order valence-electron chi connectivity index (χ0n) is 19.1. The fraction of sp³-hybridized carbons (Fsp3) is 0.231. The monoisotopic (exact) mass is 462 g/mol. The number of fused-ring (bicyclic) bond motifs is 1. The van der Waals surface area contributed by atoms with Gasteiger partial charge in [0.25, 0.3) is 0 Å². The van der Waals surface area contributed by atoms with Crippen LogP contribution in [0.3, 0.4) is 0 Å². The van der Waals surface area contributed by atoms with Crippen LogP contribution in [-0.4, -0.2) is 38.9 Å². The number of aromatic nitrogens is 4. The second-order valence-corrected chi connectivity index (χ2v) is 9.32. The van der Waals surface area contributed by atoms with E-state index in [9.17, 15) is 10.1 Å². The summed E-state index contributed by atoms with van der Waals surface area (Å²) in [6, 6.07) is 11.4. The summed E-state index contributed by atoms with van der Waals surface area (Å²) < 4.78 is 0. The van der Waals surface area contributed by atoms with Gasteiger partial charge < -0.3 is 16.0 Å². The predicted molar refractivity (Wildman–Crippen MR) is 132 cm³/mol. The van der Waals surface area contributed by atoms with Gasteiger partial charge in [0, 0.05) is 60.2 Å². The largest absolute Gasteiger partial charge is 0.383 e. The highest BCUT2D eigenvalue weighted by molar-refractivity contribution is 5.99. The first kappa shape index (κ1) is 21.0. The number of rotatable bonds is 4. The summed E-state index contributed by atoms with van der Waals surface area (Å²) in [7, 11) is 0. The molecule has 0 aromatic carbocycles. The number of aryl methyl sites for hydroxylation is 1. The molecule has 9 nitrogen and oxygen atoms in total. The number of carbonyl (C=O) groups is 1. The predicted octanol–water partition coefficient (Wildman–Crippen LogP) is 3.31. The Labute approximate surface area is 201 Å². The number of amides is 1. The van der Waals surface area contributed by atoms with E-state index in [-0.39, 0.29) is 17.2 Å². The van der Waals surface area contributed by atoms with Crippen LogP contribution in [0.25, 0.3) is 22.0 Å². The van der Waals surface area contributed by atoms with Crippen molar-refractivity contribution in [1.82, 2.24) is 19.9 Å². The van der Waals surface area contributed by atoms with Gasteiger partial charge >= 0.3 is 0 Å². The molecule has 2 aliphatic rings. The van der Waals surface area contributed by atoms with Gasteiger partial charge in [-0.15, -0.1) is 0 Å². The average Bonchev–Trinajstić information content (AvgIpc) is 3.60. The summed E-state index contributed by atoms with van der Waals surface area (Å²) in [6.45, 7) is 3.44. The number of anilines is 3. The zero-order valence-corrected chi connectivity index (χ0v) is 19.1. The molecular weight excluding hydrogens is 440 g/mol. The molecule has 1 atom stereocenters. The number of pyridine rings is 4. The molecule has 1 aliphatic carbocycles. The molecule has 1 amide bonds. The normalized spacial score (nSPS) is 17.6. The third kappa shape index (κ3) is 3.51. The fourth-order valence-corrected chi connectivity index (χ4v) is 4.99. The molecule has 172 valence electrons. The summed E-state index contributed by atoms with van der Waals surface area (Å²) in [4.78, 5) is 32.5. The second kappa shape index (κ2) is 7.74. The van der Waals surface area contributed by atoms with Crippen LogP contribution < -0.4 is 16.0 Å². The van der Waals surface area contributed by atoms with E-state index >= 15 is 0 Å². The van der Waals surface area contributed by atoms with Gasteiger partial charge in [-0.25, -0.2) is 15.0 Å². The molecule has 1 spiro atoms. The summed E-state index contributed by atoms with van der Waals surface area (Å²) in [5.41, 5.74) is 9.40. The van der Waals surface area contributed by atoms with Crippen LogP contribution in [0.2, 0.25) is 0 Å². The maximum atomic E-state index is 13.0. The number of nitrogens with one attached hydrogen (secondary N) is 1. The Balaban J connectivity index is 1.18. The molecule has 2 fully saturated rings. The number of nitrogen functional groups attached to an aromatic ring is 1. The molecule has 0 radical (unpaired) electrons. The third-order valence-corrected chi connectivity index (χ3v) is 7.04. The molecule has 1 aliphatic heterocycles. The molecule has 3 N–H and O–H groups in total. The fourth-order valence-electron chi connectivity index (χ4n) is 4.99. The lowest BCUT2D eigenvalue weighted by Crippen LogP contribution is -2.51. The van der Waals surface area contributed by atoms with Gasteiger partial charge in [0.15, 0.2) is 0 Å². The Morgan fingerprint density at radius 3 is 2.89 bits per heavy atom. The molecule has 9 heteroatoms. The Hall–Kier alpha value is -4.58. The van der Waals surface area contributed by atoms with Crippen LogP contribution in [0.5, 0.6) is 0 Å². The number of hydrogen-bond donors (Lipinski definition) is 2. The molecule has 0 bridgehead atoms. The van der Waals surface area contributed by atoms with Crippen LogP contribution >= 0.6 is 0 Å². The van der Waals surface area contributed by atoms with E-state index < -0.39 is 0 Å². The van der Waals surface area contributed by atoms with E-state index in [1.54, 1.807) is 36.9 Å². The lowest BCUT2D eigenvalue weighted by molar-refractivity contribution is -0.118. The van der Waals surface area contributed by atoms with E-state index in [0.29, 0.717) is 23.0 Å². The minimum Gasteiger partial charge on any atom is -0.383 e. The van der Waals surface area contributed by atoms with Gasteiger partial charge in [0.2, 0.25) is 5.91 Å². The number of carbonyl (C=O) groups excluding carboxylic acids is 1. The Morgan fingerprint density at radius 1 is 1.23 bits per heavy atom. The van der Waals surface area contributed by atoms with E-state index in [4.69, 9.17) is 5.73 Å². The summed E-state index contributed by atoms with van der Waals surface area (Å²) in [6.07, 6.45) is 7.66. The third-order valence-electron chi connectivity index (χ3n) is 7.04. The number of nitrogens with two attached hydrogens (primary N) is 1. The van der Waals surface area contributed by atoms with Crippen LogP contribution in [-0.2, 0) is 4.79 Å². The van der Waals surface area contributed by atoms with Crippen LogP contribution in [0, 0.1) is 29.6 Å². The van der Waals surface area contributed by atoms with E-state index in [2.05, 4.69) is 36.2 Å². The minimum absolute atomic E-state index is 0.0385. The SMILES string of the molecule is Cc1ccncc1-c1cc2cc(NC(=O)[C@H]3CC34CN(c3ncccc3C#N)C4)ncc2c(N)n1. The summed E-state index contributed by atoms with van der Waals surface area (Å²) in [5, 5.41) is 13.9. The first-order valence-corrected chi connectivity index (χ1v) is 11.4. The molecule has 4 aromatic rings. The van der Waals surface area contributed by atoms with Crippen molar-refractivity contribution in [2.75, 3.05) is 29.0 Å². The van der Waals surface area contributed by atoms with Crippen LogP contribution in [0.15, 0.2) is 55.1 Å². The molecule has 0 unspecified atom stereocenters. The highest BCUT2D eigenvalue weighted by atomic mass is 16.2.